The summed E-state index contributed by atoms with van der Waals surface area (Å²) in [5.41, 5.74) is 2.80. The van der Waals surface area contributed by atoms with Gasteiger partial charge >= 0.3 is 11.3 Å². The molecule has 4 aromatic rings. The van der Waals surface area contributed by atoms with Crippen molar-refractivity contribution in [3.05, 3.63) is 92.0 Å². The van der Waals surface area contributed by atoms with Crippen LogP contribution in [0.5, 0.6) is 5.75 Å². The second kappa shape index (κ2) is 9.15. The van der Waals surface area contributed by atoms with E-state index in [4.69, 9.17) is 13.6 Å². The molecule has 0 radical (unpaired) electrons. The van der Waals surface area contributed by atoms with Crippen LogP contribution in [0.2, 0.25) is 0 Å². The predicted octanol–water partition coefficient (Wildman–Crippen LogP) is 3.98. The van der Waals surface area contributed by atoms with E-state index in [1.165, 1.54) is 16.8 Å². The van der Waals surface area contributed by atoms with Gasteiger partial charge in [0.05, 0.1) is 23.4 Å². The van der Waals surface area contributed by atoms with Crippen LogP contribution in [0, 0.1) is 0 Å². The molecule has 0 saturated carbocycles. The van der Waals surface area contributed by atoms with E-state index in [0.717, 1.165) is 6.07 Å². The predicted molar refractivity (Wildman–Crippen MR) is 134 cm³/mol. The summed E-state index contributed by atoms with van der Waals surface area (Å²) >= 11 is 1.22. The largest absolute Gasteiger partial charge is 0.494 e. The second-order valence-corrected chi connectivity index (χ2v) is 8.32. The summed E-state index contributed by atoms with van der Waals surface area (Å²) < 4.78 is 16.3. The van der Waals surface area contributed by atoms with Crippen LogP contribution in [0.1, 0.15) is 22.8 Å². The zero-order chi connectivity index (χ0) is 24.5. The number of nitrogens with one attached hydrogen (secondary N) is 1. The Morgan fingerprint density at radius 1 is 1.09 bits per heavy atom. The highest BCUT2D eigenvalue weighted by Crippen LogP contribution is 2.30. The smallest absolute Gasteiger partial charge is 0.345 e. The number of amidine groups is 1. The van der Waals surface area contributed by atoms with E-state index in [9.17, 15) is 14.4 Å². The zero-order valence-corrected chi connectivity index (χ0v) is 19.5. The Labute approximate surface area is 202 Å². The molecule has 9 nitrogen and oxygen atoms in total. The van der Waals surface area contributed by atoms with Crippen LogP contribution in [-0.4, -0.2) is 29.7 Å². The van der Waals surface area contributed by atoms with Crippen LogP contribution in [0.25, 0.3) is 27.6 Å². The molecular weight excluding hydrogens is 470 g/mol. The first kappa shape index (κ1) is 22.5. The summed E-state index contributed by atoms with van der Waals surface area (Å²) in [6.07, 6.45) is 0. The maximum atomic E-state index is 13.8. The normalized spacial score (nSPS) is 14.7. The number of hydrogen-bond donors (Lipinski definition) is 1. The number of ether oxygens (including phenoxy) is 1. The number of carbonyl (C=O) groups is 1. The highest BCUT2D eigenvalue weighted by atomic mass is 32.2. The van der Waals surface area contributed by atoms with Crippen LogP contribution in [0.15, 0.2) is 83.4 Å². The van der Waals surface area contributed by atoms with E-state index in [-0.39, 0.29) is 22.4 Å². The molecule has 2 aromatic carbocycles. The summed E-state index contributed by atoms with van der Waals surface area (Å²) in [5.74, 6) is -0.0673. The number of nitrogens with zero attached hydrogens (tertiary/aromatic N) is 2. The number of hydrogen-bond acceptors (Lipinski definition) is 8. The van der Waals surface area contributed by atoms with Gasteiger partial charge in [-0.2, -0.15) is 0 Å². The molecule has 3 heterocycles. The lowest BCUT2D eigenvalue weighted by Gasteiger charge is -2.30. The molecule has 0 saturated heterocycles. The van der Waals surface area contributed by atoms with E-state index >= 15 is 0 Å². The summed E-state index contributed by atoms with van der Waals surface area (Å²) in [4.78, 5) is 43.1. The average molecular weight is 490 g/mol. The summed E-state index contributed by atoms with van der Waals surface area (Å²) in [6, 6.07) is 14.8. The van der Waals surface area contributed by atoms with Crippen molar-refractivity contribution >= 4 is 50.5 Å². The van der Waals surface area contributed by atoms with E-state index in [1.54, 1.807) is 48.9 Å². The monoisotopic (exact) mass is 489 g/mol. The molecular formula is C25H19N3O6S. The van der Waals surface area contributed by atoms with Crippen molar-refractivity contribution in [3.8, 4) is 5.75 Å². The quantitative estimate of drug-likeness (QED) is 0.428. The van der Waals surface area contributed by atoms with Crippen LogP contribution in [0.3, 0.4) is 0 Å². The first-order valence-corrected chi connectivity index (χ1v) is 11.5. The molecule has 1 aliphatic heterocycles. The highest BCUT2D eigenvalue weighted by Gasteiger charge is 2.30. The van der Waals surface area contributed by atoms with Gasteiger partial charge < -0.3 is 13.6 Å². The number of aliphatic imine (C=N–C) groups is 1. The van der Waals surface area contributed by atoms with E-state index in [1.807, 2.05) is 19.1 Å². The Morgan fingerprint density at radius 3 is 2.71 bits per heavy atom. The van der Waals surface area contributed by atoms with Gasteiger partial charge in [-0.1, -0.05) is 30.0 Å². The molecule has 0 spiro atoms. The molecule has 35 heavy (non-hydrogen) atoms. The third-order valence-corrected chi connectivity index (χ3v) is 6.15. The number of fused-ring (bicyclic) bond motifs is 2. The molecule has 0 fully saturated rings. The topological polar surface area (TPSA) is 114 Å². The van der Waals surface area contributed by atoms with E-state index < -0.39 is 17.2 Å². The average Bonchev–Trinajstić information content (AvgIpc) is 2.87. The molecule has 1 amide bonds. The van der Waals surface area contributed by atoms with Crippen molar-refractivity contribution in [2.75, 3.05) is 13.7 Å². The molecule has 176 valence electrons. The first-order chi connectivity index (χ1) is 17.0. The van der Waals surface area contributed by atoms with Crippen LogP contribution in [0.4, 0.5) is 0 Å². The number of thioether (sulfide) groups is 1. The minimum absolute atomic E-state index is 0.0882. The fourth-order valence-corrected chi connectivity index (χ4v) is 4.44. The summed E-state index contributed by atoms with van der Waals surface area (Å²) in [5, 5.41) is 4.36. The number of amides is 1. The van der Waals surface area contributed by atoms with Crippen molar-refractivity contribution in [1.29, 1.82) is 0 Å². The fourth-order valence-electron chi connectivity index (χ4n) is 3.73. The van der Waals surface area contributed by atoms with Gasteiger partial charge in [0.1, 0.15) is 16.9 Å². The van der Waals surface area contributed by atoms with Crippen molar-refractivity contribution in [1.82, 2.24) is 10.4 Å². The van der Waals surface area contributed by atoms with Gasteiger partial charge in [-0.05, 0) is 31.2 Å². The van der Waals surface area contributed by atoms with Gasteiger partial charge in [0.25, 0.3) is 5.91 Å². The van der Waals surface area contributed by atoms with E-state index in [2.05, 4.69) is 10.4 Å². The highest BCUT2D eigenvalue weighted by molar-refractivity contribution is 8.16. The minimum Gasteiger partial charge on any atom is -0.494 e. The number of benzene rings is 2. The van der Waals surface area contributed by atoms with Gasteiger partial charge in [0.15, 0.2) is 5.17 Å². The molecule has 1 N–H and O–H groups in total. The van der Waals surface area contributed by atoms with Crippen molar-refractivity contribution in [3.63, 3.8) is 0 Å². The standard InChI is InChI=1S/C25H19N3O6S/c1-3-32-15-8-9-16-17(12-22(29)33-21(16)11-15)23(30)28-19(13-35-25(26-2)27-28)18-10-14-6-4-5-7-20(14)34-24(18)31/h4-13H,3H2,1-2H3,(H,26,27). The van der Waals surface area contributed by atoms with Gasteiger partial charge in [-0.3, -0.25) is 15.2 Å². The summed E-state index contributed by atoms with van der Waals surface area (Å²) in [7, 11) is 1.57. The number of rotatable bonds is 4. The Kier molecular flexibility index (Phi) is 5.87. The molecule has 0 bridgehead atoms. The maximum absolute atomic E-state index is 13.8. The lowest BCUT2D eigenvalue weighted by atomic mass is 10.1. The molecule has 10 heteroatoms. The summed E-state index contributed by atoms with van der Waals surface area (Å²) in [6.45, 7) is 2.27. The zero-order valence-electron chi connectivity index (χ0n) is 18.7. The number of para-hydroxylation sites is 1. The SMILES string of the molecule is CCOc1ccc2c(C(=O)N3NC(=NC)SC=C3c3cc4ccccc4oc3=O)cc(=O)oc2c1. The van der Waals surface area contributed by atoms with Crippen molar-refractivity contribution < 1.29 is 18.4 Å². The Bertz CT molecular complexity index is 1650. The molecule has 0 atom stereocenters. The lowest BCUT2D eigenvalue weighted by Crippen LogP contribution is -2.46. The van der Waals surface area contributed by atoms with Crippen molar-refractivity contribution in [2.24, 2.45) is 4.99 Å². The molecule has 0 unspecified atom stereocenters. The van der Waals surface area contributed by atoms with Crippen LogP contribution >= 0.6 is 11.8 Å². The fraction of sp³-hybridized carbons (Fsp3) is 0.120. The second-order valence-electron chi connectivity index (χ2n) is 7.46. The lowest BCUT2D eigenvalue weighted by molar-refractivity contribution is 0.0808. The molecule has 2 aromatic heterocycles. The van der Waals surface area contributed by atoms with Crippen LogP contribution < -0.4 is 21.4 Å². The molecule has 0 aliphatic carbocycles. The number of carbonyl (C=O) groups excluding carboxylic acids is 1. The third kappa shape index (κ3) is 4.19. The van der Waals surface area contributed by atoms with Gasteiger partial charge in [0.2, 0.25) is 0 Å². The number of hydrazine groups is 1. The minimum atomic E-state index is -0.694. The Hall–Kier alpha value is -4.31. The van der Waals surface area contributed by atoms with Gasteiger partial charge in [0, 0.05) is 35.4 Å². The molecule has 5 rings (SSSR count). The van der Waals surface area contributed by atoms with Crippen LogP contribution in [-0.2, 0) is 0 Å². The van der Waals surface area contributed by atoms with Gasteiger partial charge in [-0.15, -0.1) is 0 Å². The Balaban J connectivity index is 1.65. The Morgan fingerprint density at radius 2 is 1.91 bits per heavy atom. The van der Waals surface area contributed by atoms with E-state index in [0.29, 0.717) is 33.9 Å². The van der Waals surface area contributed by atoms with Crippen molar-refractivity contribution in [2.45, 2.75) is 6.92 Å². The maximum Gasteiger partial charge on any atom is 0.345 e. The van der Waals surface area contributed by atoms with Gasteiger partial charge in [-0.25, -0.2) is 14.6 Å². The first-order valence-electron chi connectivity index (χ1n) is 10.7. The molecule has 1 aliphatic rings. The third-order valence-electron chi connectivity index (χ3n) is 5.31.